The molecule has 212 valence electrons. The van der Waals surface area contributed by atoms with Crippen LogP contribution in [0.2, 0.25) is 0 Å². The minimum absolute atomic E-state index is 0.164. The SMILES string of the molecule is O=C(O)CN1CCC[C@@H](Cc2nc3ccccc3n2C2C[C@H]3CCC[C@@H](C2)N3C2C[C@H]3CCCC[C@@H](C2)C3)C1. The van der Waals surface area contributed by atoms with Gasteiger partial charge in [-0.05, 0) is 94.2 Å². The first-order valence-corrected chi connectivity index (χ1v) is 16.3. The van der Waals surface area contributed by atoms with Crippen molar-refractivity contribution in [2.75, 3.05) is 19.6 Å². The van der Waals surface area contributed by atoms with Gasteiger partial charge in [0.15, 0.2) is 0 Å². The second-order valence-corrected chi connectivity index (χ2v) is 13.9. The van der Waals surface area contributed by atoms with E-state index in [1.807, 2.05) is 0 Å². The molecule has 2 saturated carbocycles. The molecule has 1 N–H and O–H groups in total. The smallest absolute Gasteiger partial charge is 0.317 e. The van der Waals surface area contributed by atoms with Gasteiger partial charge in [-0.2, -0.15) is 0 Å². The van der Waals surface area contributed by atoms with Gasteiger partial charge >= 0.3 is 5.97 Å². The average Bonchev–Trinajstić information content (AvgIpc) is 3.18. The summed E-state index contributed by atoms with van der Waals surface area (Å²) in [5.74, 6) is 2.99. The topological polar surface area (TPSA) is 61.6 Å². The first-order valence-electron chi connectivity index (χ1n) is 16.3. The van der Waals surface area contributed by atoms with Gasteiger partial charge in [-0.3, -0.25) is 14.6 Å². The maximum atomic E-state index is 11.4. The summed E-state index contributed by atoms with van der Waals surface area (Å²) < 4.78 is 2.66. The van der Waals surface area contributed by atoms with Crippen LogP contribution in [-0.2, 0) is 11.2 Å². The van der Waals surface area contributed by atoms with Crippen molar-refractivity contribution in [3.63, 3.8) is 0 Å². The summed E-state index contributed by atoms with van der Waals surface area (Å²) in [5, 5.41) is 9.34. The zero-order valence-electron chi connectivity index (χ0n) is 23.7. The fourth-order valence-electron chi connectivity index (χ4n) is 9.86. The highest BCUT2D eigenvalue weighted by Crippen LogP contribution is 2.47. The van der Waals surface area contributed by atoms with E-state index in [1.165, 1.54) is 94.8 Å². The minimum Gasteiger partial charge on any atom is -0.480 e. The van der Waals surface area contributed by atoms with Crippen molar-refractivity contribution in [1.82, 2.24) is 19.4 Å². The van der Waals surface area contributed by atoms with Gasteiger partial charge in [0.05, 0.1) is 17.6 Å². The largest absolute Gasteiger partial charge is 0.480 e. The van der Waals surface area contributed by atoms with Gasteiger partial charge in [-0.25, -0.2) is 4.98 Å². The molecule has 0 radical (unpaired) electrons. The van der Waals surface area contributed by atoms with Crippen molar-refractivity contribution in [2.45, 2.75) is 120 Å². The Balaban J connectivity index is 1.13. The van der Waals surface area contributed by atoms with Crippen molar-refractivity contribution in [2.24, 2.45) is 17.8 Å². The van der Waals surface area contributed by atoms with Gasteiger partial charge in [0.25, 0.3) is 0 Å². The first-order chi connectivity index (χ1) is 19.1. The Kier molecular flexibility index (Phi) is 7.44. The number of carboxylic acid groups (broad SMARTS) is 1. The number of hydrogen-bond acceptors (Lipinski definition) is 4. The molecule has 5 fully saturated rings. The number of imidazole rings is 1. The average molecular weight is 533 g/mol. The molecule has 39 heavy (non-hydrogen) atoms. The first kappa shape index (κ1) is 26.0. The van der Waals surface area contributed by atoms with Crippen LogP contribution in [0.4, 0.5) is 0 Å². The number of aromatic nitrogens is 2. The Morgan fingerprint density at radius 1 is 0.821 bits per heavy atom. The summed E-state index contributed by atoms with van der Waals surface area (Å²) >= 11 is 0. The van der Waals surface area contributed by atoms with Crippen LogP contribution in [0.25, 0.3) is 11.0 Å². The second-order valence-electron chi connectivity index (χ2n) is 13.9. The maximum absolute atomic E-state index is 11.4. The molecule has 7 rings (SSSR count). The number of benzene rings is 1. The van der Waals surface area contributed by atoms with Crippen molar-refractivity contribution >= 4 is 17.0 Å². The number of carbonyl (C=O) groups is 1. The molecular weight excluding hydrogens is 484 g/mol. The monoisotopic (exact) mass is 532 g/mol. The van der Waals surface area contributed by atoms with E-state index in [0.717, 1.165) is 61.4 Å². The summed E-state index contributed by atoms with van der Waals surface area (Å²) in [5.41, 5.74) is 2.44. The summed E-state index contributed by atoms with van der Waals surface area (Å²) in [6.07, 6.45) is 20.2. The van der Waals surface area contributed by atoms with E-state index in [0.29, 0.717) is 12.0 Å². The molecule has 2 aromatic rings. The molecule has 7 atom stereocenters. The third-order valence-corrected chi connectivity index (χ3v) is 11.2. The Bertz CT molecular complexity index is 1130. The van der Waals surface area contributed by atoms with Crippen molar-refractivity contribution in [1.29, 1.82) is 0 Å². The number of nitrogens with zero attached hydrogens (tertiary/aromatic N) is 4. The maximum Gasteiger partial charge on any atom is 0.317 e. The van der Waals surface area contributed by atoms with E-state index >= 15 is 0 Å². The number of fused-ring (bicyclic) bond motifs is 5. The van der Waals surface area contributed by atoms with E-state index in [-0.39, 0.29) is 6.54 Å². The molecule has 2 aliphatic carbocycles. The molecule has 2 unspecified atom stereocenters. The van der Waals surface area contributed by atoms with Crippen molar-refractivity contribution in [3.05, 3.63) is 30.1 Å². The van der Waals surface area contributed by atoms with Crippen LogP contribution in [0, 0.1) is 17.8 Å². The number of hydrogen-bond donors (Lipinski definition) is 1. The molecule has 1 aromatic carbocycles. The third kappa shape index (κ3) is 5.40. The highest BCUT2D eigenvalue weighted by Gasteiger charge is 2.45. The Hall–Kier alpha value is -1.92. The lowest BCUT2D eigenvalue weighted by atomic mass is 9.73. The van der Waals surface area contributed by atoms with E-state index in [9.17, 15) is 9.90 Å². The molecule has 1 aromatic heterocycles. The molecule has 6 nitrogen and oxygen atoms in total. The zero-order chi connectivity index (χ0) is 26.3. The van der Waals surface area contributed by atoms with Gasteiger partial charge in [-0.1, -0.05) is 44.2 Å². The predicted molar refractivity (Wildman–Crippen MR) is 155 cm³/mol. The third-order valence-electron chi connectivity index (χ3n) is 11.2. The van der Waals surface area contributed by atoms with E-state index in [2.05, 4.69) is 38.6 Å². The van der Waals surface area contributed by atoms with E-state index < -0.39 is 5.97 Å². The lowest BCUT2D eigenvalue weighted by molar-refractivity contribution is -0.138. The molecule has 3 saturated heterocycles. The van der Waals surface area contributed by atoms with Crippen LogP contribution in [0.5, 0.6) is 0 Å². The Labute approximate surface area is 234 Å². The number of carboxylic acids is 1. The summed E-state index contributed by atoms with van der Waals surface area (Å²) in [6, 6.07) is 11.6. The number of piperidine rings is 3. The number of para-hydroxylation sites is 2. The van der Waals surface area contributed by atoms with Crippen LogP contribution in [0.3, 0.4) is 0 Å². The Morgan fingerprint density at radius 3 is 2.31 bits per heavy atom. The van der Waals surface area contributed by atoms with Crippen LogP contribution in [0.1, 0.15) is 102 Å². The molecule has 3 aliphatic heterocycles. The fourth-order valence-corrected chi connectivity index (χ4v) is 9.86. The summed E-state index contributed by atoms with van der Waals surface area (Å²) in [7, 11) is 0. The van der Waals surface area contributed by atoms with Crippen LogP contribution >= 0.6 is 0 Å². The van der Waals surface area contributed by atoms with E-state index in [4.69, 9.17) is 4.98 Å². The highest BCUT2D eigenvalue weighted by atomic mass is 16.4. The molecule has 4 heterocycles. The van der Waals surface area contributed by atoms with Gasteiger partial charge in [0, 0.05) is 37.1 Å². The molecule has 0 spiro atoms. The van der Waals surface area contributed by atoms with Crippen LogP contribution in [-0.4, -0.2) is 68.2 Å². The van der Waals surface area contributed by atoms with Crippen LogP contribution < -0.4 is 0 Å². The zero-order valence-corrected chi connectivity index (χ0v) is 23.7. The van der Waals surface area contributed by atoms with E-state index in [1.54, 1.807) is 0 Å². The molecule has 4 bridgehead atoms. The number of likely N-dealkylation sites (tertiary alicyclic amines) is 1. The summed E-state index contributed by atoms with van der Waals surface area (Å²) in [6.45, 7) is 1.95. The molecule has 5 aliphatic rings. The predicted octanol–water partition coefficient (Wildman–Crippen LogP) is 6.29. The quantitative estimate of drug-likeness (QED) is 0.474. The fraction of sp³-hybridized carbons (Fsp3) is 0.758. The minimum atomic E-state index is -0.710. The number of rotatable bonds is 6. The van der Waals surface area contributed by atoms with Crippen molar-refractivity contribution in [3.8, 4) is 0 Å². The number of aliphatic carboxylic acids is 1. The van der Waals surface area contributed by atoms with Gasteiger partial charge < -0.3 is 9.67 Å². The van der Waals surface area contributed by atoms with Gasteiger partial charge in [-0.15, -0.1) is 0 Å². The van der Waals surface area contributed by atoms with Gasteiger partial charge in [0.1, 0.15) is 5.82 Å². The molecule has 0 amide bonds. The van der Waals surface area contributed by atoms with Gasteiger partial charge in [0.2, 0.25) is 0 Å². The lowest BCUT2D eigenvalue weighted by Crippen LogP contribution is -2.58. The highest BCUT2D eigenvalue weighted by molar-refractivity contribution is 5.76. The lowest BCUT2D eigenvalue weighted by Gasteiger charge is -2.54. The molecular formula is C33H48N4O2. The normalized spacial score (nSPS) is 36.1. The van der Waals surface area contributed by atoms with Crippen LogP contribution in [0.15, 0.2) is 24.3 Å². The standard InChI is InChI=1S/C33H48N4O2/c38-33(39)22-35-14-6-9-25(21-35)18-32-34-30-12-3-4-13-31(30)37(32)29-19-26-10-5-11-27(20-29)36(26)28-16-23-7-1-2-8-24(15-23)17-28/h3-4,12-13,23-29H,1-2,5-11,14-22H2,(H,38,39)/t23-,24+,25-,26-,27+,28?,29?/m0/s1. The van der Waals surface area contributed by atoms with Crippen molar-refractivity contribution < 1.29 is 9.90 Å². The molecule has 6 heteroatoms. The Morgan fingerprint density at radius 2 is 1.56 bits per heavy atom. The second kappa shape index (κ2) is 11.2. The summed E-state index contributed by atoms with van der Waals surface area (Å²) in [4.78, 5) is 21.8.